The molecular weight excluding hydrogens is 276 g/mol. The van der Waals surface area contributed by atoms with E-state index in [1.165, 1.54) is 9.81 Å². The fourth-order valence-electron chi connectivity index (χ4n) is 2.03. The molecule has 0 fully saturated rings. The topological polar surface area (TPSA) is 18.5 Å². The van der Waals surface area contributed by atoms with Crippen LogP contribution in [0.2, 0.25) is 0 Å². The summed E-state index contributed by atoms with van der Waals surface area (Å²) in [6.45, 7) is 8.15. The zero-order chi connectivity index (χ0) is 13.8. The molecule has 104 valence electrons. The van der Waals surface area contributed by atoms with Crippen molar-refractivity contribution in [3.63, 3.8) is 0 Å². The largest absolute Gasteiger partial charge is 0.491 e. The molecule has 2 atom stereocenters. The third-order valence-electron chi connectivity index (χ3n) is 2.68. The lowest BCUT2D eigenvalue weighted by molar-refractivity contribution is 0.167. The molecule has 0 spiro atoms. The van der Waals surface area contributed by atoms with Gasteiger partial charge in [-0.25, -0.2) is 0 Å². The zero-order valence-corrected chi connectivity index (χ0v) is 13.4. The van der Waals surface area contributed by atoms with E-state index in [-0.39, 0.29) is 12.2 Å². The number of allylic oxidation sites excluding steroid dienone is 4. The lowest BCUT2D eigenvalue weighted by atomic mass is 10.3. The molecule has 0 aromatic carbocycles. The number of hydrogen-bond acceptors (Lipinski definition) is 4. The van der Waals surface area contributed by atoms with Crippen molar-refractivity contribution in [1.29, 1.82) is 0 Å². The second-order valence-electron chi connectivity index (χ2n) is 4.70. The van der Waals surface area contributed by atoms with Gasteiger partial charge in [-0.1, -0.05) is 0 Å². The number of thioether (sulfide) groups is 2. The number of ether oxygens (including phenoxy) is 2. The highest BCUT2D eigenvalue weighted by Gasteiger charge is 2.12. The molecule has 0 N–H and O–H groups in total. The van der Waals surface area contributed by atoms with Crippen molar-refractivity contribution in [2.24, 2.45) is 0 Å². The smallest absolute Gasteiger partial charge is 0.115 e. The summed E-state index contributed by atoms with van der Waals surface area (Å²) in [6.07, 6.45) is 8.91. The van der Waals surface area contributed by atoms with Crippen molar-refractivity contribution in [2.75, 3.05) is 5.08 Å². The van der Waals surface area contributed by atoms with Gasteiger partial charge >= 0.3 is 0 Å². The summed E-state index contributed by atoms with van der Waals surface area (Å²) in [7, 11) is 0. The molecule has 0 saturated carbocycles. The predicted octanol–water partition coefficient (Wildman–Crippen LogP) is 4.82. The lowest BCUT2D eigenvalue weighted by Gasteiger charge is -2.19. The molecule has 2 heterocycles. The van der Waals surface area contributed by atoms with E-state index >= 15 is 0 Å². The molecule has 2 aliphatic heterocycles. The highest BCUT2D eigenvalue weighted by Crippen LogP contribution is 2.32. The van der Waals surface area contributed by atoms with E-state index in [0.29, 0.717) is 0 Å². The minimum atomic E-state index is 0.182. The van der Waals surface area contributed by atoms with Crippen LogP contribution in [0.25, 0.3) is 0 Å². The van der Waals surface area contributed by atoms with Crippen molar-refractivity contribution >= 4 is 23.5 Å². The Balaban J connectivity index is 1.84. The van der Waals surface area contributed by atoms with Crippen LogP contribution in [-0.4, -0.2) is 17.3 Å². The standard InChI is InChI=1S/C15H20O2S2/c1-10-5-14(6-11(2)16-10)18-9-19-15-7-12(3)17-13(4)8-15/h5-8,10,12H,9H2,1-4H3. The summed E-state index contributed by atoms with van der Waals surface area (Å²) in [5.41, 5.74) is 0. The van der Waals surface area contributed by atoms with Crippen LogP contribution in [0, 0.1) is 0 Å². The molecular formula is C15H20O2S2. The van der Waals surface area contributed by atoms with E-state index < -0.39 is 0 Å². The van der Waals surface area contributed by atoms with Crippen LogP contribution >= 0.6 is 23.5 Å². The Morgan fingerprint density at radius 2 is 1.32 bits per heavy atom. The van der Waals surface area contributed by atoms with Gasteiger partial charge in [-0.15, -0.1) is 23.5 Å². The van der Waals surface area contributed by atoms with Crippen molar-refractivity contribution in [1.82, 2.24) is 0 Å². The fourth-order valence-corrected chi connectivity index (χ4v) is 4.43. The van der Waals surface area contributed by atoms with Gasteiger partial charge in [0.2, 0.25) is 0 Å². The number of hydrogen-bond donors (Lipinski definition) is 0. The molecule has 0 aliphatic carbocycles. The van der Waals surface area contributed by atoms with Gasteiger partial charge < -0.3 is 9.47 Å². The van der Waals surface area contributed by atoms with Crippen molar-refractivity contribution < 1.29 is 9.47 Å². The van der Waals surface area contributed by atoms with Gasteiger partial charge in [-0.05, 0) is 52.0 Å². The normalized spacial score (nSPS) is 26.5. The van der Waals surface area contributed by atoms with E-state index in [4.69, 9.17) is 9.47 Å². The maximum absolute atomic E-state index is 5.57. The summed E-state index contributed by atoms with van der Waals surface area (Å²) in [5.74, 6) is 1.99. The van der Waals surface area contributed by atoms with Gasteiger partial charge in [0.25, 0.3) is 0 Å². The average Bonchev–Trinajstić information content (AvgIpc) is 2.26. The SMILES string of the molecule is CC1=CC(SCSC2=CC(C)OC(C)=C2)=CC(C)O1. The number of rotatable bonds is 4. The van der Waals surface area contributed by atoms with E-state index in [1.807, 2.05) is 37.4 Å². The molecule has 0 radical (unpaired) electrons. The molecule has 2 unspecified atom stereocenters. The van der Waals surface area contributed by atoms with Gasteiger partial charge in [-0.3, -0.25) is 0 Å². The maximum Gasteiger partial charge on any atom is 0.115 e. The van der Waals surface area contributed by atoms with Crippen molar-refractivity contribution in [2.45, 2.75) is 39.9 Å². The van der Waals surface area contributed by atoms with Crippen LogP contribution in [0.1, 0.15) is 27.7 Å². The average molecular weight is 296 g/mol. The second kappa shape index (κ2) is 6.62. The van der Waals surface area contributed by atoms with Gasteiger partial charge in [0.1, 0.15) is 12.2 Å². The van der Waals surface area contributed by atoms with Crippen LogP contribution in [0.15, 0.2) is 45.6 Å². The highest BCUT2D eigenvalue weighted by molar-refractivity contribution is 8.19. The Kier molecular flexibility index (Phi) is 5.11. The second-order valence-corrected chi connectivity index (χ2v) is 7.16. The summed E-state index contributed by atoms with van der Waals surface area (Å²) in [5, 5.41) is 1.00. The molecule has 2 aliphatic rings. The molecule has 0 saturated heterocycles. The minimum Gasteiger partial charge on any atom is -0.491 e. The molecule has 2 rings (SSSR count). The van der Waals surface area contributed by atoms with Gasteiger partial charge in [0.05, 0.1) is 11.5 Å². The molecule has 19 heavy (non-hydrogen) atoms. The van der Waals surface area contributed by atoms with E-state index in [1.54, 1.807) is 0 Å². The Morgan fingerprint density at radius 3 is 1.68 bits per heavy atom. The Labute approximate surface area is 124 Å². The van der Waals surface area contributed by atoms with Crippen molar-refractivity contribution in [3.05, 3.63) is 45.6 Å². The van der Waals surface area contributed by atoms with Crippen LogP contribution in [-0.2, 0) is 9.47 Å². The summed E-state index contributed by atoms with van der Waals surface area (Å²) < 4.78 is 11.1. The maximum atomic E-state index is 5.57. The van der Waals surface area contributed by atoms with E-state index in [9.17, 15) is 0 Å². The van der Waals surface area contributed by atoms with Crippen LogP contribution in [0.3, 0.4) is 0 Å². The highest BCUT2D eigenvalue weighted by atomic mass is 32.2. The van der Waals surface area contributed by atoms with Crippen molar-refractivity contribution in [3.8, 4) is 0 Å². The molecule has 4 heteroatoms. The summed E-state index contributed by atoms with van der Waals surface area (Å²) in [4.78, 5) is 2.59. The van der Waals surface area contributed by atoms with Gasteiger partial charge in [-0.2, -0.15) is 0 Å². The first-order valence-electron chi connectivity index (χ1n) is 6.42. The molecule has 2 nitrogen and oxygen atoms in total. The van der Waals surface area contributed by atoms with E-state index in [0.717, 1.165) is 16.6 Å². The molecule has 0 aromatic rings. The zero-order valence-electron chi connectivity index (χ0n) is 11.8. The van der Waals surface area contributed by atoms with Gasteiger partial charge in [0.15, 0.2) is 0 Å². The Bertz CT molecular complexity index is 419. The monoisotopic (exact) mass is 296 g/mol. The molecule has 0 bridgehead atoms. The summed E-state index contributed by atoms with van der Waals surface area (Å²) >= 11 is 3.72. The first-order chi connectivity index (χ1) is 9.02. The van der Waals surface area contributed by atoms with Crippen LogP contribution < -0.4 is 0 Å². The first-order valence-corrected chi connectivity index (χ1v) is 8.39. The Hall–Kier alpha value is -0.740. The third-order valence-corrected chi connectivity index (χ3v) is 4.80. The van der Waals surface area contributed by atoms with Crippen LogP contribution in [0.4, 0.5) is 0 Å². The Morgan fingerprint density at radius 1 is 0.895 bits per heavy atom. The molecule has 0 amide bonds. The minimum absolute atomic E-state index is 0.182. The summed E-state index contributed by atoms with van der Waals surface area (Å²) in [6, 6.07) is 0. The lowest BCUT2D eigenvalue weighted by Crippen LogP contribution is -2.08. The third kappa shape index (κ3) is 4.69. The van der Waals surface area contributed by atoms with Crippen LogP contribution in [0.5, 0.6) is 0 Å². The first kappa shape index (κ1) is 14.7. The predicted molar refractivity (Wildman–Crippen MR) is 84.8 cm³/mol. The fraction of sp³-hybridized carbons (Fsp3) is 0.467. The van der Waals surface area contributed by atoms with E-state index in [2.05, 4.69) is 38.2 Å². The quantitative estimate of drug-likeness (QED) is 0.692. The van der Waals surface area contributed by atoms with Gasteiger partial charge in [0, 0.05) is 14.9 Å². The molecule has 0 aromatic heterocycles.